The molecule has 1 aliphatic heterocycles. The van der Waals surface area contributed by atoms with Crippen molar-refractivity contribution in [2.45, 2.75) is 220 Å². The van der Waals surface area contributed by atoms with Gasteiger partial charge in [0.1, 0.15) is 67.0 Å². The number of benzene rings is 2. The third kappa shape index (κ3) is 30.1. The molecule has 0 aromatic heterocycles. The van der Waals surface area contributed by atoms with Gasteiger partial charge < -0.3 is 101 Å². The number of alkyl carbamates (subject to hydrolysis) is 1. The van der Waals surface area contributed by atoms with E-state index < -0.39 is 210 Å². The zero-order valence-corrected chi connectivity index (χ0v) is 60.0. The van der Waals surface area contributed by atoms with Crippen LogP contribution in [-0.4, -0.2) is 191 Å². The number of carbonyl (C=O) groups is 13. The minimum atomic E-state index is -2.14. The number of aliphatic hydroxyl groups is 3. The van der Waals surface area contributed by atoms with Crippen LogP contribution in [0.25, 0.3) is 0 Å². The average molecular weight is 1420 g/mol. The number of nitrogens with one attached hydrogen (secondary N) is 14. The molecule has 0 saturated carbocycles. The molecule has 33 heteroatoms. The number of rotatable bonds is 24. The largest absolute Gasteiger partial charge is 0.445 e. The molecule has 13 amide bonds. The fourth-order valence-electron chi connectivity index (χ4n) is 10.6. The van der Waals surface area contributed by atoms with Gasteiger partial charge in [-0.2, -0.15) is 0 Å². The number of guanidine groups is 1. The second kappa shape index (κ2) is 40.7. The van der Waals surface area contributed by atoms with Crippen molar-refractivity contribution in [1.82, 2.24) is 69.1 Å². The first-order valence-corrected chi connectivity index (χ1v) is 33.8. The molecule has 21 N–H and O–H groups in total. The molecule has 0 unspecified atom stereocenters. The Labute approximate surface area is 589 Å². The van der Waals surface area contributed by atoms with E-state index in [0.29, 0.717) is 5.56 Å². The van der Waals surface area contributed by atoms with Gasteiger partial charge in [0.15, 0.2) is 5.96 Å². The Hall–Kier alpha value is -9.50. The molecular formula is C68H108N16O17. The van der Waals surface area contributed by atoms with E-state index in [4.69, 9.17) is 21.6 Å². The van der Waals surface area contributed by atoms with Gasteiger partial charge >= 0.3 is 6.09 Å². The second-order valence-corrected chi connectivity index (χ2v) is 28.5. The number of carbonyl (C=O) groups excluding carboxylic acids is 13. The molecular weight excluding hydrogens is 1310 g/mol. The molecule has 1 aliphatic rings. The topological polar surface area (TPSA) is 524 Å². The van der Waals surface area contributed by atoms with Crippen LogP contribution in [0, 0.1) is 34.0 Å². The molecule has 0 spiro atoms. The van der Waals surface area contributed by atoms with Gasteiger partial charge in [-0.25, -0.2) is 4.79 Å². The van der Waals surface area contributed by atoms with Crippen LogP contribution >= 0.6 is 0 Å². The first-order valence-electron chi connectivity index (χ1n) is 33.8. The number of primary amides is 1. The van der Waals surface area contributed by atoms with Gasteiger partial charge in [-0.1, -0.05) is 150 Å². The van der Waals surface area contributed by atoms with Crippen molar-refractivity contribution >= 4 is 82.9 Å². The molecule has 0 radical (unpaired) electrons. The summed E-state index contributed by atoms with van der Waals surface area (Å²) in [6.45, 7) is 19.1. The molecule has 1 fully saturated rings. The molecule has 1 saturated heterocycles. The summed E-state index contributed by atoms with van der Waals surface area (Å²) in [6, 6.07) is -3.18. The van der Waals surface area contributed by atoms with E-state index in [1.54, 1.807) is 84.9 Å². The van der Waals surface area contributed by atoms with Crippen LogP contribution in [0.5, 0.6) is 0 Å². The molecule has 0 aliphatic carbocycles. The van der Waals surface area contributed by atoms with Crippen molar-refractivity contribution in [2.75, 3.05) is 19.7 Å². The van der Waals surface area contributed by atoms with Gasteiger partial charge in [0.05, 0.1) is 37.8 Å². The highest BCUT2D eigenvalue weighted by molar-refractivity contribution is 6.00. The van der Waals surface area contributed by atoms with Crippen LogP contribution < -0.4 is 80.6 Å². The Balaban J connectivity index is 2.42. The number of hydrogen-bond donors (Lipinski definition) is 19. The van der Waals surface area contributed by atoms with Crippen molar-refractivity contribution in [1.29, 1.82) is 5.41 Å². The smallest absolute Gasteiger partial charge is 0.408 e. The van der Waals surface area contributed by atoms with Crippen LogP contribution in [-0.2, 0) is 68.9 Å². The van der Waals surface area contributed by atoms with E-state index >= 15 is 14.4 Å². The number of hydrogen-bond acceptors (Lipinski definition) is 18. The van der Waals surface area contributed by atoms with Gasteiger partial charge in [0, 0.05) is 6.54 Å². The predicted molar refractivity (Wildman–Crippen MR) is 371 cm³/mol. The van der Waals surface area contributed by atoms with E-state index in [1.165, 1.54) is 38.1 Å². The quantitative estimate of drug-likeness (QED) is 0.0311. The zero-order chi connectivity index (χ0) is 76.2. The van der Waals surface area contributed by atoms with Crippen molar-refractivity contribution in [3.8, 4) is 0 Å². The van der Waals surface area contributed by atoms with Crippen LogP contribution in [0.1, 0.15) is 152 Å². The number of amides is 13. The summed E-state index contributed by atoms with van der Waals surface area (Å²) in [5, 5.41) is 74.0. The Morgan fingerprint density at radius 3 is 1.66 bits per heavy atom. The van der Waals surface area contributed by atoms with Crippen LogP contribution in [0.3, 0.4) is 0 Å². The lowest BCUT2D eigenvalue weighted by molar-refractivity contribution is -0.139. The molecule has 3 rings (SSSR count). The summed E-state index contributed by atoms with van der Waals surface area (Å²) < 4.78 is 5.47. The maximum absolute atomic E-state index is 15.7. The van der Waals surface area contributed by atoms with Gasteiger partial charge in [-0.05, 0) is 78.7 Å². The highest BCUT2D eigenvalue weighted by Gasteiger charge is 2.43. The summed E-state index contributed by atoms with van der Waals surface area (Å²) in [5.74, 6) is -15.8. The van der Waals surface area contributed by atoms with Crippen molar-refractivity contribution in [2.24, 2.45) is 40.1 Å². The van der Waals surface area contributed by atoms with Gasteiger partial charge in [0.25, 0.3) is 0 Å². The fourth-order valence-corrected chi connectivity index (χ4v) is 10.6. The van der Waals surface area contributed by atoms with Crippen molar-refractivity contribution in [3.63, 3.8) is 0 Å². The molecule has 101 heavy (non-hydrogen) atoms. The molecule has 562 valence electrons. The summed E-state index contributed by atoms with van der Waals surface area (Å²) in [5.41, 5.74) is 10.3. The van der Waals surface area contributed by atoms with Gasteiger partial charge in [-0.3, -0.25) is 62.9 Å². The Kier molecular flexibility index (Phi) is 34.5. The highest BCUT2D eigenvalue weighted by Crippen LogP contribution is 2.26. The molecule has 2 aromatic carbocycles. The standard InChI is InChI=1S/C68H108N16O17/c1-14-37(6)49-62(97)81-50(38(7)86)61(96)73-32-48(88)74-43(29-47(69)87)57(92)78-46(33-85)60(95)82-51(40-24-19-16-20-25-40)52(83-59(94)44(30-67(8,9)10)77-58(93)45(31-68(11,12)13)79-66(100)101-34-39-22-17-15-18-23-39)63(98)84-53(54(89)36(4)5)64(99)76-42(28-35(2)3)56(91)75-41(55(90)80-49)26-21-27-72-65(70)71/h15-20,22-25,35-38,41-46,49-54,85-86,89H,14,21,26-34H2,1-13H3,(H2,69,87)(H,73,96)(H,74,88)(H,75,91)(H,76,99)(H,77,93)(H,78,92)(H,79,100)(H,80,90)(H,81,97)(H,82,95)(H,83,94)(H,84,98)(H4,70,71,72)/t37-,38-,41+,42-,43-,44+,45+,46-,49-,50-,51+,52-,53-,54+/m0/s1. The van der Waals surface area contributed by atoms with E-state index in [0.717, 1.165) is 6.92 Å². The maximum Gasteiger partial charge on any atom is 0.408 e. The summed E-state index contributed by atoms with van der Waals surface area (Å²) in [4.78, 5) is 187. The zero-order valence-electron chi connectivity index (χ0n) is 60.0. The lowest BCUT2D eigenvalue weighted by Crippen LogP contribution is -2.65. The lowest BCUT2D eigenvalue weighted by atomic mass is 9.86. The van der Waals surface area contributed by atoms with E-state index in [-0.39, 0.29) is 57.2 Å². The molecule has 1 heterocycles. The predicted octanol–water partition coefficient (Wildman–Crippen LogP) is -1.87. The van der Waals surface area contributed by atoms with E-state index in [1.807, 2.05) is 20.8 Å². The number of nitrogens with two attached hydrogens (primary N) is 2. The highest BCUT2D eigenvalue weighted by atomic mass is 16.5. The first kappa shape index (κ1) is 85.7. The third-order valence-electron chi connectivity index (χ3n) is 16.2. The molecule has 2 aromatic rings. The minimum Gasteiger partial charge on any atom is -0.445 e. The molecule has 33 nitrogen and oxygen atoms in total. The molecule has 0 bridgehead atoms. The Morgan fingerprint density at radius 2 is 1.13 bits per heavy atom. The maximum atomic E-state index is 15.7. The van der Waals surface area contributed by atoms with Crippen LogP contribution in [0.2, 0.25) is 0 Å². The minimum absolute atomic E-state index is 0.00789. The Morgan fingerprint density at radius 1 is 0.614 bits per heavy atom. The summed E-state index contributed by atoms with van der Waals surface area (Å²) in [7, 11) is 0. The molecule has 14 atom stereocenters. The summed E-state index contributed by atoms with van der Waals surface area (Å²) in [6.07, 6.45) is -5.57. The SMILES string of the molecule is CC[C@H](C)[C@@H]1NC(=O)[C@@H](CCCNC(=N)N)NC(=O)[C@H](CC(C)C)NC(=O)[C@H]([C@H](O)C(C)C)NC(=O)[C@@H](NC(=O)[C@@H](CC(C)(C)C)NC(=O)[C@@H](CC(C)(C)C)NC(=O)OCc2ccccc2)[C@@H](c2ccccc2)NC(=O)[C@H](CO)NC(=O)[C@H](CC(N)=O)NC(=O)CNC(=O)[C@H]([C@H](C)O)NC1=O. The van der Waals surface area contributed by atoms with Crippen molar-refractivity contribution in [3.05, 3.63) is 71.8 Å². The average Bonchev–Trinajstić information content (AvgIpc) is 0.804. The fraction of sp³-hybridized carbons (Fsp3) is 0.618. The third-order valence-corrected chi connectivity index (χ3v) is 16.2. The second-order valence-electron chi connectivity index (χ2n) is 28.5. The monoisotopic (exact) mass is 1420 g/mol. The first-order chi connectivity index (χ1) is 47.1. The normalized spacial score (nSPS) is 23.1. The van der Waals surface area contributed by atoms with E-state index in [9.17, 15) is 63.3 Å². The lowest BCUT2D eigenvalue weighted by Gasteiger charge is -2.35. The van der Waals surface area contributed by atoms with E-state index in [2.05, 4.69) is 69.1 Å². The Bertz CT molecular complexity index is 3160. The van der Waals surface area contributed by atoms with Crippen molar-refractivity contribution < 1.29 is 82.4 Å². The van der Waals surface area contributed by atoms with Crippen LogP contribution in [0.4, 0.5) is 4.79 Å². The number of ether oxygens (including phenoxy) is 1. The number of aliphatic hydroxyl groups excluding tert-OH is 3. The summed E-state index contributed by atoms with van der Waals surface area (Å²) >= 11 is 0. The van der Waals surface area contributed by atoms with Gasteiger partial charge in [-0.15, -0.1) is 0 Å². The van der Waals surface area contributed by atoms with Gasteiger partial charge in [0.2, 0.25) is 70.9 Å². The van der Waals surface area contributed by atoms with Crippen LogP contribution in [0.15, 0.2) is 60.7 Å².